The molecular weight excluding hydrogens is 154 g/mol. The van der Waals surface area contributed by atoms with Crippen LogP contribution in [-0.2, 0) is 9.47 Å². The molecule has 12 heavy (non-hydrogen) atoms. The summed E-state index contributed by atoms with van der Waals surface area (Å²) in [4.78, 5) is 0. The molecular formula is C9H19NO2. The van der Waals surface area contributed by atoms with Gasteiger partial charge in [0.2, 0.25) is 0 Å². The predicted molar refractivity (Wildman–Crippen MR) is 48.3 cm³/mol. The second-order valence-corrected chi connectivity index (χ2v) is 3.44. The van der Waals surface area contributed by atoms with Gasteiger partial charge in [-0.05, 0) is 19.3 Å². The Morgan fingerprint density at radius 3 is 3.00 bits per heavy atom. The van der Waals surface area contributed by atoms with Gasteiger partial charge in [-0.3, -0.25) is 0 Å². The van der Waals surface area contributed by atoms with Gasteiger partial charge in [-0.15, -0.1) is 0 Å². The fraction of sp³-hybridized carbons (Fsp3) is 1.00. The Morgan fingerprint density at radius 1 is 1.58 bits per heavy atom. The molecule has 1 fully saturated rings. The molecule has 72 valence electrons. The summed E-state index contributed by atoms with van der Waals surface area (Å²) < 4.78 is 10.4. The van der Waals surface area contributed by atoms with Gasteiger partial charge < -0.3 is 14.8 Å². The largest absolute Gasteiger partial charge is 0.383 e. The standard InChI is InChI=1S/C9H19NO2/c1-8-5-9(7-12-8)6-10-3-4-11-2/h8-10H,3-7H2,1-2H3. The minimum Gasteiger partial charge on any atom is -0.383 e. The summed E-state index contributed by atoms with van der Waals surface area (Å²) in [5.41, 5.74) is 0. The molecule has 1 N–H and O–H groups in total. The summed E-state index contributed by atoms with van der Waals surface area (Å²) in [5, 5.41) is 3.34. The minimum absolute atomic E-state index is 0.458. The smallest absolute Gasteiger partial charge is 0.0587 e. The van der Waals surface area contributed by atoms with Gasteiger partial charge in [0.05, 0.1) is 19.3 Å². The molecule has 0 aromatic carbocycles. The maximum atomic E-state index is 5.45. The molecule has 1 aliphatic heterocycles. The van der Waals surface area contributed by atoms with Crippen molar-refractivity contribution >= 4 is 0 Å². The molecule has 0 aromatic heterocycles. The van der Waals surface area contributed by atoms with Crippen LogP contribution in [0.3, 0.4) is 0 Å². The topological polar surface area (TPSA) is 30.5 Å². The van der Waals surface area contributed by atoms with Crippen LogP contribution in [0.5, 0.6) is 0 Å². The normalized spacial score (nSPS) is 29.5. The molecule has 2 unspecified atom stereocenters. The zero-order valence-corrected chi connectivity index (χ0v) is 8.01. The first-order valence-electron chi connectivity index (χ1n) is 4.64. The third kappa shape index (κ3) is 3.52. The molecule has 1 rings (SSSR count). The maximum Gasteiger partial charge on any atom is 0.0587 e. The third-order valence-electron chi connectivity index (χ3n) is 2.20. The Bertz CT molecular complexity index is 119. The first kappa shape index (κ1) is 9.96. The lowest BCUT2D eigenvalue weighted by atomic mass is 10.1. The molecule has 0 radical (unpaired) electrons. The Balaban J connectivity index is 1.93. The molecule has 1 heterocycles. The Labute approximate surface area is 74.4 Å². The van der Waals surface area contributed by atoms with Gasteiger partial charge >= 0.3 is 0 Å². The lowest BCUT2D eigenvalue weighted by Crippen LogP contribution is -2.26. The van der Waals surface area contributed by atoms with Crippen molar-refractivity contribution in [2.24, 2.45) is 5.92 Å². The third-order valence-corrected chi connectivity index (χ3v) is 2.20. The second kappa shape index (κ2) is 5.51. The van der Waals surface area contributed by atoms with E-state index in [-0.39, 0.29) is 0 Å². The van der Waals surface area contributed by atoms with Crippen LogP contribution < -0.4 is 5.32 Å². The maximum absolute atomic E-state index is 5.45. The van der Waals surface area contributed by atoms with Crippen molar-refractivity contribution in [1.82, 2.24) is 5.32 Å². The second-order valence-electron chi connectivity index (χ2n) is 3.44. The molecule has 2 atom stereocenters. The van der Waals surface area contributed by atoms with Gasteiger partial charge in [0.15, 0.2) is 0 Å². The molecule has 0 spiro atoms. The number of hydrogen-bond acceptors (Lipinski definition) is 3. The van der Waals surface area contributed by atoms with E-state index in [4.69, 9.17) is 9.47 Å². The summed E-state index contributed by atoms with van der Waals surface area (Å²) in [6, 6.07) is 0. The summed E-state index contributed by atoms with van der Waals surface area (Å²) in [6.07, 6.45) is 1.65. The van der Waals surface area contributed by atoms with E-state index in [1.165, 1.54) is 6.42 Å². The van der Waals surface area contributed by atoms with E-state index in [0.717, 1.165) is 26.3 Å². The van der Waals surface area contributed by atoms with Crippen LogP contribution in [0, 0.1) is 5.92 Å². The molecule has 0 saturated carbocycles. The van der Waals surface area contributed by atoms with Crippen molar-refractivity contribution in [3.8, 4) is 0 Å². The average molecular weight is 173 g/mol. The quantitative estimate of drug-likeness (QED) is 0.619. The Morgan fingerprint density at radius 2 is 2.42 bits per heavy atom. The zero-order valence-electron chi connectivity index (χ0n) is 8.01. The summed E-state index contributed by atoms with van der Waals surface area (Å²) in [5.74, 6) is 0.705. The van der Waals surface area contributed by atoms with E-state index in [9.17, 15) is 0 Å². The summed E-state index contributed by atoms with van der Waals surface area (Å²) in [6.45, 7) is 5.86. The minimum atomic E-state index is 0.458. The molecule has 0 bridgehead atoms. The molecule has 3 heteroatoms. The van der Waals surface area contributed by atoms with Crippen molar-refractivity contribution in [3.05, 3.63) is 0 Å². The number of rotatable bonds is 5. The lowest BCUT2D eigenvalue weighted by molar-refractivity contribution is 0.119. The van der Waals surface area contributed by atoms with Gasteiger partial charge in [-0.1, -0.05) is 0 Å². The van der Waals surface area contributed by atoms with E-state index in [2.05, 4.69) is 12.2 Å². The highest BCUT2D eigenvalue weighted by Crippen LogP contribution is 2.17. The van der Waals surface area contributed by atoms with Crippen molar-refractivity contribution < 1.29 is 9.47 Å². The fourth-order valence-electron chi connectivity index (χ4n) is 1.53. The zero-order chi connectivity index (χ0) is 8.81. The van der Waals surface area contributed by atoms with E-state index in [1.807, 2.05) is 0 Å². The van der Waals surface area contributed by atoms with Gasteiger partial charge in [0.25, 0.3) is 0 Å². The lowest BCUT2D eigenvalue weighted by Gasteiger charge is -2.08. The molecule has 0 aromatic rings. The van der Waals surface area contributed by atoms with Crippen molar-refractivity contribution in [2.45, 2.75) is 19.4 Å². The Hall–Kier alpha value is -0.120. The van der Waals surface area contributed by atoms with Gasteiger partial charge in [0, 0.05) is 20.2 Å². The highest BCUT2D eigenvalue weighted by atomic mass is 16.5. The van der Waals surface area contributed by atoms with E-state index >= 15 is 0 Å². The monoisotopic (exact) mass is 173 g/mol. The van der Waals surface area contributed by atoms with Crippen molar-refractivity contribution in [2.75, 3.05) is 33.4 Å². The molecule has 3 nitrogen and oxygen atoms in total. The van der Waals surface area contributed by atoms with Crippen LogP contribution in [0.25, 0.3) is 0 Å². The van der Waals surface area contributed by atoms with Crippen LogP contribution >= 0.6 is 0 Å². The molecule has 1 saturated heterocycles. The highest BCUT2D eigenvalue weighted by Gasteiger charge is 2.20. The van der Waals surface area contributed by atoms with E-state index < -0.39 is 0 Å². The number of hydrogen-bond donors (Lipinski definition) is 1. The van der Waals surface area contributed by atoms with Gasteiger partial charge in [-0.2, -0.15) is 0 Å². The van der Waals surface area contributed by atoms with Gasteiger partial charge in [0.1, 0.15) is 0 Å². The average Bonchev–Trinajstić information content (AvgIpc) is 2.45. The van der Waals surface area contributed by atoms with Crippen LogP contribution in [0.15, 0.2) is 0 Å². The number of ether oxygens (including phenoxy) is 2. The number of nitrogens with one attached hydrogen (secondary N) is 1. The molecule has 0 amide bonds. The van der Waals surface area contributed by atoms with Crippen LogP contribution in [-0.4, -0.2) is 39.5 Å². The highest BCUT2D eigenvalue weighted by molar-refractivity contribution is 4.71. The van der Waals surface area contributed by atoms with Gasteiger partial charge in [-0.25, -0.2) is 0 Å². The predicted octanol–water partition coefficient (Wildman–Crippen LogP) is 0.647. The Kier molecular flexibility index (Phi) is 4.58. The SMILES string of the molecule is COCCNCC1COC(C)C1. The molecule has 0 aliphatic carbocycles. The van der Waals surface area contributed by atoms with E-state index in [1.54, 1.807) is 7.11 Å². The first-order valence-corrected chi connectivity index (χ1v) is 4.64. The summed E-state index contributed by atoms with van der Waals surface area (Å²) in [7, 11) is 1.72. The van der Waals surface area contributed by atoms with Crippen molar-refractivity contribution in [3.63, 3.8) is 0 Å². The van der Waals surface area contributed by atoms with E-state index in [0.29, 0.717) is 12.0 Å². The first-order chi connectivity index (χ1) is 5.83. The van der Waals surface area contributed by atoms with Crippen LogP contribution in [0.1, 0.15) is 13.3 Å². The molecule has 1 aliphatic rings. The number of methoxy groups -OCH3 is 1. The summed E-state index contributed by atoms with van der Waals surface area (Å²) >= 11 is 0. The van der Waals surface area contributed by atoms with Crippen molar-refractivity contribution in [1.29, 1.82) is 0 Å². The van der Waals surface area contributed by atoms with Crippen LogP contribution in [0.4, 0.5) is 0 Å². The fourth-order valence-corrected chi connectivity index (χ4v) is 1.53. The van der Waals surface area contributed by atoms with Crippen LogP contribution in [0.2, 0.25) is 0 Å².